The van der Waals surface area contributed by atoms with Crippen LogP contribution in [0.1, 0.15) is 5.56 Å². The summed E-state index contributed by atoms with van der Waals surface area (Å²) in [7, 11) is 0. The van der Waals surface area contributed by atoms with Gasteiger partial charge < -0.3 is 5.11 Å². The van der Waals surface area contributed by atoms with Crippen molar-refractivity contribution >= 4 is 74.5 Å². The molecule has 0 aliphatic heterocycles. The SMILES string of the molecule is N#CC(=CC(=O)O)c1ccc(Cl)cc1.[KH]. The van der Waals surface area contributed by atoms with Crippen LogP contribution in [0, 0.1) is 11.3 Å². The van der Waals surface area contributed by atoms with E-state index in [0.717, 1.165) is 6.08 Å². The molecule has 0 heterocycles. The molecule has 0 amide bonds. The molecule has 15 heavy (non-hydrogen) atoms. The van der Waals surface area contributed by atoms with E-state index in [0.29, 0.717) is 10.6 Å². The number of aliphatic carboxylic acids is 1. The minimum absolute atomic E-state index is 0. The Balaban J connectivity index is 0.00000196. The molecule has 1 N–H and O–H groups in total. The van der Waals surface area contributed by atoms with E-state index in [2.05, 4.69) is 0 Å². The van der Waals surface area contributed by atoms with Gasteiger partial charge in [0.1, 0.15) is 6.07 Å². The molecule has 3 nitrogen and oxygen atoms in total. The zero-order valence-corrected chi connectivity index (χ0v) is 7.82. The van der Waals surface area contributed by atoms with Gasteiger partial charge in [-0.2, -0.15) is 5.26 Å². The molecular weight excluding hydrogens is 241 g/mol. The van der Waals surface area contributed by atoms with Crippen molar-refractivity contribution in [3.63, 3.8) is 0 Å². The van der Waals surface area contributed by atoms with Gasteiger partial charge in [0, 0.05) is 11.1 Å². The third kappa shape index (κ3) is 4.93. The van der Waals surface area contributed by atoms with Crippen LogP contribution >= 0.6 is 11.6 Å². The summed E-state index contributed by atoms with van der Waals surface area (Å²) in [4.78, 5) is 10.4. The van der Waals surface area contributed by atoms with E-state index in [-0.39, 0.29) is 57.0 Å². The molecule has 1 aromatic rings. The Morgan fingerprint density at radius 1 is 1.40 bits per heavy atom. The third-order valence-electron chi connectivity index (χ3n) is 1.54. The van der Waals surface area contributed by atoms with Crippen LogP contribution in [0.15, 0.2) is 30.3 Å². The Morgan fingerprint density at radius 2 is 1.93 bits per heavy atom. The second-order valence-corrected chi connectivity index (χ2v) is 2.95. The van der Waals surface area contributed by atoms with Crippen LogP contribution in [0.5, 0.6) is 0 Å². The number of carboxylic acids is 1. The van der Waals surface area contributed by atoms with Crippen LogP contribution in [-0.2, 0) is 4.79 Å². The third-order valence-corrected chi connectivity index (χ3v) is 1.80. The van der Waals surface area contributed by atoms with Crippen LogP contribution in [0.4, 0.5) is 0 Å². The number of carbonyl (C=O) groups is 1. The summed E-state index contributed by atoms with van der Waals surface area (Å²) in [5.74, 6) is -1.14. The number of carboxylic acid groups (broad SMARTS) is 1. The summed E-state index contributed by atoms with van der Waals surface area (Å²) in [5, 5.41) is 17.7. The Morgan fingerprint density at radius 3 is 2.33 bits per heavy atom. The van der Waals surface area contributed by atoms with Crippen LogP contribution in [-0.4, -0.2) is 62.5 Å². The van der Waals surface area contributed by atoms with Gasteiger partial charge in [0.05, 0.1) is 5.57 Å². The van der Waals surface area contributed by atoms with E-state index < -0.39 is 5.97 Å². The Bertz CT molecular complexity index is 420. The number of allylic oxidation sites excluding steroid dienone is 1. The molecule has 0 aromatic heterocycles. The topological polar surface area (TPSA) is 61.1 Å². The van der Waals surface area contributed by atoms with Gasteiger partial charge in [0.2, 0.25) is 0 Å². The van der Waals surface area contributed by atoms with E-state index in [4.69, 9.17) is 22.0 Å². The molecule has 0 saturated heterocycles. The van der Waals surface area contributed by atoms with Gasteiger partial charge in [-0.1, -0.05) is 23.7 Å². The maximum absolute atomic E-state index is 10.4. The molecular formula is C10H7ClKNO2. The van der Waals surface area contributed by atoms with Crippen molar-refractivity contribution in [2.75, 3.05) is 0 Å². The van der Waals surface area contributed by atoms with Crippen molar-refractivity contribution in [3.8, 4) is 6.07 Å². The Hall–Kier alpha value is -0.154. The zero-order valence-electron chi connectivity index (χ0n) is 7.07. The van der Waals surface area contributed by atoms with Gasteiger partial charge in [-0.15, -0.1) is 0 Å². The van der Waals surface area contributed by atoms with Gasteiger partial charge in [0.25, 0.3) is 0 Å². The summed E-state index contributed by atoms with van der Waals surface area (Å²) < 4.78 is 0. The predicted octanol–water partition coefficient (Wildman–Crippen LogP) is 1.68. The van der Waals surface area contributed by atoms with Crippen LogP contribution in [0.2, 0.25) is 5.02 Å². The summed E-state index contributed by atoms with van der Waals surface area (Å²) in [5.41, 5.74) is 0.647. The number of hydrogen-bond acceptors (Lipinski definition) is 2. The monoisotopic (exact) mass is 247 g/mol. The molecule has 0 spiro atoms. The molecule has 0 atom stereocenters. The first kappa shape index (κ1) is 14.8. The zero-order chi connectivity index (χ0) is 10.6. The average molecular weight is 248 g/mol. The number of hydrogen-bond donors (Lipinski definition) is 1. The molecule has 0 aliphatic carbocycles. The fourth-order valence-corrected chi connectivity index (χ4v) is 1.06. The van der Waals surface area contributed by atoms with E-state index in [1.165, 1.54) is 0 Å². The second kappa shape index (κ2) is 7.17. The number of nitrogens with zero attached hydrogens (tertiary/aromatic N) is 1. The van der Waals surface area contributed by atoms with Crippen molar-refractivity contribution < 1.29 is 9.90 Å². The fourth-order valence-electron chi connectivity index (χ4n) is 0.933. The summed E-state index contributed by atoms with van der Waals surface area (Å²) in [6, 6.07) is 8.20. The first-order chi connectivity index (χ1) is 6.63. The maximum atomic E-state index is 10.4. The Labute approximate surface area is 135 Å². The van der Waals surface area contributed by atoms with Crippen molar-refractivity contribution in [1.82, 2.24) is 0 Å². The van der Waals surface area contributed by atoms with Crippen LogP contribution in [0.25, 0.3) is 5.57 Å². The molecule has 0 fully saturated rings. The normalized spacial score (nSPS) is 10.0. The predicted molar refractivity (Wildman–Crippen MR) is 59.8 cm³/mol. The number of nitriles is 1. The molecule has 1 aromatic carbocycles. The number of benzene rings is 1. The molecule has 0 unspecified atom stereocenters. The van der Waals surface area contributed by atoms with E-state index in [9.17, 15) is 4.79 Å². The molecule has 0 saturated carbocycles. The van der Waals surface area contributed by atoms with Crippen molar-refractivity contribution in [3.05, 3.63) is 40.9 Å². The van der Waals surface area contributed by atoms with Crippen LogP contribution < -0.4 is 0 Å². The van der Waals surface area contributed by atoms with E-state index >= 15 is 0 Å². The second-order valence-electron chi connectivity index (χ2n) is 2.51. The summed E-state index contributed by atoms with van der Waals surface area (Å²) >= 11 is 5.65. The summed E-state index contributed by atoms with van der Waals surface area (Å²) in [6.07, 6.45) is 0.864. The fraction of sp³-hybridized carbons (Fsp3) is 0. The van der Waals surface area contributed by atoms with Crippen molar-refractivity contribution in [1.29, 1.82) is 5.26 Å². The number of halogens is 1. The Kier molecular flexibility index (Phi) is 7.10. The van der Waals surface area contributed by atoms with E-state index in [1.807, 2.05) is 0 Å². The molecule has 0 bridgehead atoms. The summed E-state index contributed by atoms with van der Waals surface area (Å²) in [6.45, 7) is 0. The van der Waals surface area contributed by atoms with Gasteiger partial charge in [-0.05, 0) is 17.7 Å². The first-order valence-corrected chi connectivity index (χ1v) is 4.12. The van der Waals surface area contributed by atoms with Crippen molar-refractivity contribution in [2.45, 2.75) is 0 Å². The minimum atomic E-state index is -1.14. The van der Waals surface area contributed by atoms with E-state index in [1.54, 1.807) is 30.3 Å². The molecule has 0 aliphatic rings. The first-order valence-electron chi connectivity index (χ1n) is 3.74. The van der Waals surface area contributed by atoms with Gasteiger partial charge in [-0.25, -0.2) is 4.79 Å². The quantitative estimate of drug-likeness (QED) is 0.491. The molecule has 5 heteroatoms. The molecule has 1 rings (SSSR count). The molecule has 0 radical (unpaired) electrons. The van der Waals surface area contributed by atoms with Crippen molar-refractivity contribution in [2.24, 2.45) is 0 Å². The number of rotatable bonds is 2. The van der Waals surface area contributed by atoms with Gasteiger partial charge in [-0.3, -0.25) is 0 Å². The van der Waals surface area contributed by atoms with Gasteiger partial charge >= 0.3 is 57.4 Å². The average Bonchev–Trinajstić information content (AvgIpc) is 2.15. The van der Waals surface area contributed by atoms with Crippen LogP contribution in [0.3, 0.4) is 0 Å². The van der Waals surface area contributed by atoms with Gasteiger partial charge in [0.15, 0.2) is 0 Å². The standard InChI is InChI=1S/C10H6ClNO2.K.H/c11-9-3-1-7(2-4-9)8(6-12)5-10(13)14;;/h1-5H,(H,13,14);;. The molecule has 72 valence electrons.